The molecule has 1 saturated carbocycles. The third-order valence-electron chi connectivity index (χ3n) is 4.68. The van der Waals surface area contributed by atoms with Gasteiger partial charge >= 0.3 is 5.97 Å². The highest BCUT2D eigenvalue weighted by Crippen LogP contribution is 2.36. The second-order valence-corrected chi connectivity index (χ2v) is 7.01. The summed E-state index contributed by atoms with van der Waals surface area (Å²) in [5.74, 6) is 1.12. The van der Waals surface area contributed by atoms with E-state index in [0.29, 0.717) is 31.1 Å². The van der Waals surface area contributed by atoms with E-state index < -0.39 is 0 Å². The van der Waals surface area contributed by atoms with Crippen LogP contribution in [0.4, 0.5) is 0 Å². The monoisotopic (exact) mass is 355 g/mol. The van der Waals surface area contributed by atoms with Crippen molar-refractivity contribution in [3.63, 3.8) is 0 Å². The van der Waals surface area contributed by atoms with Crippen molar-refractivity contribution in [2.75, 3.05) is 13.7 Å². The van der Waals surface area contributed by atoms with Crippen LogP contribution in [0.5, 0.6) is 5.75 Å². The van der Waals surface area contributed by atoms with E-state index >= 15 is 0 Å². The average Bonchev–Trinajstić information content (AvgIpc) is 3.43. The lowest BCUT2D eigenvalue weighted by Crippen LogP contribution is -2.22. The molecule has 1 aromatic rings. The summed E-state index contributed by atoms with van der Waals surface area (Å²) in [5, 5.41) is 3.18. The van der Waals surface area contributed by atoms with Gasteiger partial charge in [-0.1, -0.05) is 18.2 Å². The normalized spacial score (nSPS) is 20.4. The average molecular weight is 355 g/mol. The first-order valence-electron chi connectivity index (χ1n) is 9.03. The molecule has 1 aromatic carbocycles. The molecule has 0 aromatic heterocycles. The van der Waals surface area contributed by atoms with Gasteiger partial charge in [0.05, 0.1) is 13.7 Å². The summed E-state index contributed by atoms with van der Waals surface area (Å²) in [7, 11) is 1.64. The van der Waals surface area contributed by atoms with Gasteiger partial charge in [-0.15, -0.1) is 0 Å². The lowest BCUT2D eigenvalue weighted by atomic mass is 9.85. The zero-order chi connectivity index (χ0) is 18.5. The molecule has 1 atom stereocenters. The van der Waals surface area contributed by atoms with Crippen LogP contribution in [-0.2, 0) is 14.3 Å². The molecular weight excluding hydrogens is 330 g/mol. The van der Waals surface area contributed by atoms with Crippen LogP contribution in [0.2, 0.25) is 0 Å². The summed E-state index contributed by atoms with van der Waals surface area (Å²) in [6.07, 6.45) is 6.51. The summed E-state index contributed by atoms with van der Waals surface area (Å²) >= 11 is 0. The molecule has 1 N–H and O–H groups in total. The Morgan fingerprint density at radius 1 is 1.27 bits per heavy atom. The van der Waals surface area contributed by atoms with Crippen molar-refractivity contribution in [2.45, 2.75) is 38.5 Å². The van der Waals surface area contributed by atoms with Crippen LogP contribution in [0.1, 0.15) is 44.1 Å². The number of hydrogen-bond donors (Lipinski definition) is 1. The Bertz CT molecular complexity index is 746. The van der Waals surface area contributed by atoms with Gasteiger partial charge in [0.2, 0.25) is 0 Å². The molecule has 2 aliphatic carbocycles. The number of carbonyl (C=O) groups excluding carboxylic acids is 2. The van der Waals surface area contributed by atoms with E-state index in [-0.39, 0.29) is 17.7 Å². The highest BCUT2D eigenvalue weighted by molar-refractivity contribution is 5.92. The van der Waals surface area contributed by atoms with Gasteiger partial charge in [0, 0.05) is 35.9 Å². The van der Waals surface area contributed by atoms with E-state index in [0.717, 1.165) is 29.9 Å². The third-order valence-corrected chi connectivity index (χ3v) is 4.68. The van der Waals surface area contributed by atoms with Gasteiger partial charge in [-0.2, -0.15) is 0 Å². The van der Waals surface area contributed by atoms with Gasteiger partial charge in [-0.3, -0.25) is 4.79 Å². The third kappa shape index (κ3) is 4.97. The lowest BCUT2D eigenvalue weighted by Gasteiger charge is -2.25. The van der Waals surface area contributed by atoms with Crippen LogP contribution < -0.4 is 10.1 Å². The predicted molar refractivity (Wildman–Crippen MR) is 98.6 cm³/mol. The topological polar surface area (TPSA) is 64.6 Å². The maximum Gasteiger partial charge on any atom is 0.332 e. The largest absolute Gasteiger partial charge is 0.496 e. The lowest BCUT2D eigenvalue weighted by molar-refractivity contribution is -0.138. The van der Waals surface area contributed by atoms with Gasteiger partial charge < -0.3 is 14.8 Å². The fourth-order valence-corrected chi connectivity index (χ4v) is 3.20. The van der Waals surface area contributed by atoms with E-state index in [4.69, 9.17) is 9.47 Å². The molecule has 5 heteroatoms. The molecule has 0 amide bonds. The Hall–Kier alpha value is -2.56. The predicted octanol–water partition coefficient (Wildman–Crippen LogP) is 3.47. The molecule has 138 valence electrons. The minimum absolute atomic E-state index is 0.0563. The van der Waals surface area contributed by atoms with Crippen LogP contribution in [-0.4, -0.2) is 25.5 Å². The number of esters is 1. The van der Waals surface area contributed by atoms with Crippen molar-refractivity contribution < 1.29 is 19.1 Å². The second-order valence-electron chi connectivity index (χ2n) is 7.01. The summed E-state index contributed by atoms with van der Waals surface area (Å²) in [6.45, 7) is 2.30. The Labute approximate surface area is 154 Å². The van der Waals surface area contributed by atoms with Crippen LogP contribution >= 0.6 is 0 Å². The fourth-order valence-electron chi connectivity index (χ4n) is 3.20. The maximum absolute atomic E-state index is 12.2. The van der Waals surface area contributed by atoms with E-state index in [9.17, 15) is 9.59 Å². The van der Waals surface area contributed by atoms with Crippen LogP contribution in [0.25, 0.3) is 0 Å². The number of hydrogen-bond acceptors (Lipinski definition) is 5. The Morgan fingerprint density at radius 3 is 2.77 bits per heavy atom. The highest BCUT2D eigenvalue weighted by atomic mass is 16.5. The zero-order valence-electron chi connectivity index (χ0n) is 15.3. The number of nitrogens with one attached hydrogen (secondary N) is 1. The number of allylic oxidation sites excluding steroid dienone is 3. The number of ketones is 1. The van der Waals surface area contributed by atoms with Crippen molar-refractivity contribution in [1.82, 2.24) is 5.32 Å². The molecular formula is C21H25NO4. The van der Waals surface area contributed by atoms with E-state index in [1.807, 2.05) is 24.3 Å². The van der Waals surface area contributed by atoms with Crippen molar-refractivity contribution in [1.29, 1.82) is 0 Å². The first-order valence-corrected chi connectivity index (χ1v) is 9.03. The van der Waals surface area contributed by atoms with Crippen molar-refractivity contribution in [2.24, 2.45) is 5.92 Å². The van der Waals surface area contributed by atoms with Crippen molar-refractivity contribution in [3.8, 4) is 5.75 Å². The molecule has 0 heterocycles. The van der Waals surface area contributed by atoms with Crippen LogP contribution in [0.3, 0.4) is 0 Å². The molecule has 0 radical (unpaired) electrons. The Morgan fingerprint density at radius 2 is 2.04 bits per heavy atom. The fraction of sp³-hybridized carbons (Fsp3) is 0.429. The van der Waals surface area contributed by atoms with Crippen LogP contribution in [0, 0.1) is 5.92 Å². The number of carbonyl (C=O) groups is 2. The standard InChI is InChI=1S/C21H25NO4/c1-14(9-21(24)26-13-15-7-8-15)22-17-10-16(11-18(23)12-17)19-5-3-4-6-20(19)25-2/h3-6,9,12,15-16,22H,7-8,10-11,13H2,1-2H3/t16-/m1/s1. The molecule has 0 bridgehead atoms. The first kappa shape index (κ1) is 18.2. The van der Waals surface area contributed by atoms with Crippen molar-refractivity contribution >= 4 is 11.8 Å². The first-order chi connectivity index (χ1) is 12.5. The number of rotatable bonds is 7. The molecule has 2 aliphatic rings. The summed E-state index contributed by atoms with van der Waals surface area (Å²) < 4.78 is 10.6. The van der Waals surface area contributed by atoms with E-state index in [1.165, 1.54) is 6.08 Å². The molecule has 0 aliphatic heterocycles. The molecule has 3 rings (SSSR count). The summed E-state index contributed by atoms with van der Waals surface area (Å²) in [6, 6.07) is 7.78. The smallest absolute Gasteiger partial charge is 0.332 e. The van der Waals surface area contributed by atoms with Crippen molar-refractivity contribution in [3.05, 3.63) is 53.4 Å². The van der Waals surface area contributed by atoms with Gasteiger partial charge in [-0.05, 0) is 43.7 Å². The maximum atomic E-state index is 12.2. The van der Waals surface area contributed by atoms with Gasteiger partial charge in [-0.25, -0.2) is 4.79 Å². The van der Waals surface area contributed by atoms with E-state index in [2.05, 4.69) is 5.32 Å². The zero-order valence-corrected chi connectivity index (χ0v) is 15.3. The number of ether oxygens (including phenoxy) is 2. The molecule has 0 unspecified atom stereocenters. The minimum Gasteiger partial charge on any atom is -0.496 e. The Kier molecular flexibility index (Phi) is 5.76. The van der Waals surface area contributed by atoms with Crippen LogP contribution in [0.15, 0.2) is 47.8 Å². The second kappa shape index (κ2) is 8.21. The number of para-hydroxylation sites is 1. The highest BCUT2D eigenvalue weighted by Gasteiger charge is 2.25. The van der Waals surface area contributed by atoms with Gasteiger partial charge in [0.1, 0.15) is 5.75 Å². The summed E-state index contributed by atoms with van der Waals surface area (Å²) in [5.41, 5.74) is 2.51. The number of benzene rings is 1. The Balaban J connectivity index is 1.63. The quantitative estimate of drug-likeness (QED) is 0.599. The molecule has 0 spiro atoms. The molecule has 1 fully saturated rings. The molecule has 0 saturated heterocycles. The molecule has 26 heavy (non-hydrogen) atoms. The van der Waals surface area contributed by atoms with Gasteiger partial charge in [0.15, 0.2) is 5.78 Å². The minimum atomic E-state index is -0.342. The van der Waals surface area contributed by atoms with E-state index in [1.54, 1.807) is 20.1 Å². The summed E-state index contributed by atoms with van der Waals surface area (Å²) in [4.78, 5) is 24.0. The number of methoxy groups -OCH3 is 1. The SMILES string of the molecule is COc1ccccc1[C@H]1CC(=O)C=C(NC(C)=CC(=O)OCC2CC2)C1. The molecule has 5 nitrogen and oxygen atoms in total. The van der Waals surface area contributed by atoms with Gasteiger partial charge in [0.25, 0.3) is 0 Å².